The number of anilines is 1. The van der Waals surface area contributed by atoms with Gasteiger partial charge in [0.2, 0.25) is 0 Å². The standard InChI is InChI=1S/C20H22F3N3O3/c1-29-17-5-2-15(3-6-17)8-9-24-10-12-25(13-11-24)18-7-4-16(20(21,22)23)14-19(18)26(27)28/h2-7,14H,8-13H2,1H3. The van der Waals surface area contributed by atoms with Crippen LogP contribution in [0.4, 0.5) is 24.5 Å². The van der Waals surface area contributed by atoms with Gasteiger partial charge in [0.05, 0.1) is 17.6 Å². The molecule has 0 N–H and O–H groups in total. The number of nitro benzene ring substituents is 1. The molecule has 1 heterocycles. The minimum atomic E-state index is -4.61. The molecule has 0 amide bonds. The number of piperazine rings is 1. The Bertz CT molecular complexity index is 848. The van der Waals surface area contributed by atoms with E-state index in [2.05, 4.69) is 4.90 Å². The highest BCUT2D eigenvalue weighted by molar-refractivity contribution is 5.65. The number of hydrogen-bond acceptors (Lipinski definition) is 5. The third-order valence-electron chi connectivity index (χ3n) is 5.09. The van der Waals surface area contributed by atoms with E-state index in [1.165, 1.54) is 11.6 Å². The van der Waals surface area contributed by atoms with Crippen LogP contribution in [0.25, 0.3) is 0 Å². The third-order valence-corrected chi connectivity index (χ3v) is 5.09. The van der Waals surface area contributed by atoms with Crippen molar-refractivity contribution in [2.45, 2.75) is 12.6 Å². The average Bonchev–Trinajstić information content (AvgIpc) is 2.72. The van der Waals surface area contributed by atoms with Gasteiger partial charge in [0.15, 0.2) is 0 Å². The van der Waals surface area contributed by atoms with Crippen molar-refractivity contribution in [3.8, 4) is 5.75 Å². The smallest absolute Gasteiger partial charge is 0.416 e. The molecule has 6 nitrogen and oxygen atoms in total. The molecule has 1 fully saturated rings. The largest absolute Gasteiger partial charge is 0.497 e. The van der Waals surface area contributed by atoms with Crippen molar-refractivity contribution in [1.29, 1.82) is 0 Å². The summed E-state index contributed by atoms with van der Waals surface area (Å²) in [5.74, 6) is 0.806. The monoisotopic (exact) mass is 409 g/mol. The Kier molecular flexibility index (Phi) is 6.26. The molecule has 0 spiro atoms. The summed E-state index contributed by atoms with van der Waals surface area (Å²) in [6, 6.07) is 10.6. The molecule has 0 bridgehead atoms. The van der Waals surface area contributed by atoms with Gasteiger partial charge in [0, 0.05) is 38.8 Å². The Hall–Kier alpha value is -2.81. The number of hydrogen-bond donors (Lipinski definition) is 0. The Morgan fingerprint density at radius 3 is 2.28 bits per heavy atom. The molecular formula is C20H22F3N3O3. The molecule has 2 aromatic carbocycles. The van der Waals surface area contributed by atoms with Gasteiger partial charge in [-0.15, -0.1) is 0 Å². The van der Waals surface area contributed by atoms with Gasteiger partial charge in [-0.25, -0.2) is 0 Å². The lowest BCUT2D eigenvalue weighted by molar-refractivity contribution is -0.384. The number of nitro groups is 1. The van der Waals surface area contributed by atoms with Crippen LogP contribution in [0, 0.1) is 10.1 Å². The van der Waals surface area contributed by atoms with E-state index < -0.39 is 22.4 Å². The first kappa shape index (κ1) is 20.9. The van der Waals surface area contributed by atoms with Crippen molar-refractivity contribution < 1.29 is 22.8 Å². The second kappa shape index (κ2) is 8.69. The van der Waals surface area contributed by atoms with Crippen LogP contribution < -0.4 is 9.64 Å². The summed E-state index contributed by atoms with van der Waals surface area (Å²) in [5.41, 5.74) is -0.0954. The van der Waals surface area contributed by atoms with Gasteiger partial charge in [-0.1, -0.05) is 12.1 Å². The average molecular weight is 409 g/mol. The van der Waals surface area contributed by atoms with Crippen molar-refractivity contribution in [3.05, 3.63) is 63.7 Å². The summed E-state index contributed by atoms with van der Waals surface area (Å²) in [7, 11) is 1.62. The van der Waals surface area contributed by atoms with Crippen LogP contribution in [0.1, 0.15) is 11.1 Å². The summed E-state index contributed by atoms with van der Waals surface area (Å²) < 4.78 is 43.8. The summed E-state index contributed by atoms with van der Waals surface area (Å²) in [4.78, 5) is 14.6. The lowest BCUT2D eigenvalue weighted by Crippen LogP contribution is -2.47. The summed E-state index contributed by atoms with van der Waals surface area (Å²) >= 11 is 0. The first-order chi connectivity index (χ1) is 13.8. The molecule has 0 aliphatic carbocycles. The van der Waals surface area contributed by atoms with Crippen molar-refractivity contribution >= 4 is 11.4 Å². The number of benzene rings is 2. The van der Waals surface area contributed by atoms with Crippen LogP contribution in [0.2, 0.25) is 0 Å². The topological polar surface area (TPSA) is 58.8 Å². The predicted molar refractivity (Wildman–Crippen MR) is 103 cm³/mol. The van der Waals surface area contributed by atoms with Crippen molar-refractivity contribution in [2.24, 2.45) is 0 Å². The van der Waals surface area contributed by atoms with E-state index in [9.17, 15) is 23.3 Å². The predicted octanol–water partition coefficient (Wildman–Crippen LogP) is 3.99. The zero-order chi connectivity index (χ0) is 21.0. The summed E-state index contributed by atoms with van der Waals surface area (Å²) in [5, 5.41) is 11.3. The fraction of sp³-hybridized carbons (Fsp3) is 0.400. The maximum absolute atomic E-state index is 12.9. The van der Waals surface area contributed by atoms with E-state index in [4.69, 9.17) is 4.74 Å². The van der Waals surface area contributed by atoms with Crippen molar-refractivity contribution in [2.75, 3.05) is 44.7 Å². The van der Waals surface area contributed by atoms with Crippen molar-refractivity contribution in [1.82, 2.24) is 4.90 Å². The van der Waals surface area contributed by atoms with E-state index >= 15 is 0 Å². The minimum absolute atomic E-state index is 0.234. The van der Waals surface area contributed by atoms with E-state index in [1.807, 2.05) is 24.3 Å². The molecule has 0 radical (unpaired) electrons. The highest BCUT2D eigenvalue weighted by Gasteiger charge is 2.34. The number of methoxy groups -OCH3 is 1. The number of halogens is 3. The lowest BCUT2D eigenvalue weighted by Gasteiger charge is -2.35. The van der Waals surface area contributed by atoms with Crippen molar-refractivity contribution in [3.63, 3.8) is 0 Å². The number of nitrogens with zero attached hydrogens (tertiary/aromatic N) is 3. The minimum Gasteiger partial charge on any atom is -0.497 e. The van der Waals surface area contributed by atoms with E-state index in [0.29, 0.717) is 32.2 Å². The molecule has 2 aromatic rings. The third kappa shape index (κ3) is 5.17. The van der Waals surface area contributed by atoms with Crippen LogP contribution >= 0.6 is 0 Å². The Labute approximate surface area is 166 Å². The fourth-order valence-electron chi connectivity index (χ4n) is 3.41. The van der Waals surface area contributed by atoms with E-state index in [-0.39, 0.29) is 5.69 Å². The molecule has 1 saturated heterocycles. The van der Waals surface area contributed by atoms with E-state index in [0.717, 1.165) is 24.8 Å². The maximum Gasteiger partial charge on any atom is 0.416 e. The molecule has 156 valence electrons. The zero-order valence-electron chi connectivity index (χ0n) is 16.0. The highest BCUT2D eigenvalue weighted by Crippen LogP contribution is 2.36. The lowest BCUT2D eigenvalue weighted by atomic mass is 10.1. The van der Waals surface area contributed by atoms with Crippen LogP contribution in [-0.2, 0) is 12.6 Å². The Morgan fingerprint density at radius 2 is 1.72 bits per heavy atom. The molecule has 1 aliphatic rings. The Balaban J connectivity index is 1.60. The first-order valence-electron chi connectivity index (χ1n) is 9.24. The molecule has 3 rings (SSSR count). The van der Waals surface area contributed by atoms with Gasteiger partial charge in [-0.3, -0.25) is 15.0 Å². The Morgan fingerprint density at radius 1 is 1.07 bits per heavy atom. The molecule has 0 saturated carbocycles. The number of rotatable bonds is 6. The normalized spacial score (nSPS) is 15.4. The van der Waals surface area contributed by atoms with Crippen LogP contribution in [-0.4, -0.2) is 49.7 Å². The van der Waals surface area contributed by atoms with Crippen LogP contribution in [0.3, 0.4) is 0 Å². The maximum atomic E-state index is 12.9. The zero-order valence-corrected chi connectivity index (χ0v) is 16.0. The van der Waals surface area contributed by atoms with Gasteiger partial charge in [-0.2, -0.15) is 13.2 Å². The van der Waals surface area contributed by atoms with Gasteiger partial charge in [0.25, 0.3) is 5.69 Å². The SMILES string of the molecule is COc1ccc(CCN2CCN(c3ccc(C(F)(F)F)cc3[N+](=O)[O-])CC2)cc1. The van der Waals surface area contributed by atoms with Gasteiger partial charge in [0.1, 0.15) is 11.4 Å². The molecule has 0 atom stereocenters. The van der Waals surface area contributed by atoms with E-state index in [1.54, 1.807) is 12.0 Å². The quantitative estimate of drug-likeness (QED) is 0.534. The van der Waals surface area contributed by atoms with Crippen LogP contribution in [0.15, 0.2) is 42.5 Å². The molecular weight excluding hydrogens is 387 g/mol. The number of alkyl halides is 3. The van der Waals surface area contributed by atoms with Gasteiger partial charge in [-0.05, 0) is 36.2 Å². The highest BCUT2D eigenvalue weighted by atomic mass is 19.4. The molecule has 29 heavy (non-hydrogen) atoms. The second-order valence-corrected chi connectivity index (χ2v) is 6.89. The van der Waals surface area contributed by atoms with Gasteiger partial charge >= 0.3 is 6.18 Å². The summed E-state index contributed by atoms with van der Waals surface area (Å²) in [6.45, 7) is 3.27. The van der Waals surface area contributed by atoms with Gasteiger partial charge < -0.3 is 9.64 Å². The van der Waals surface area contributed by atoms with Crippen LogP contribution in [0.5, 0.6) is 5.75 Å². The molecule has 0 aromatic heterocycles. The first-order valence-corrected chi connectivity index (χ1v) is 9.24. The molecule has 9 heteroatoms. The summed E-state index contributed by atoms with van der Waals surface area (Å²) in [6.07, 6.45) is -3.74. The molecule has 1 aliphatic heterocycles. The molecule has 0 unspecified atom stereocenters. The number of ether oxygens (including phenoxy) is 1. The fourth-order valence-corrected chi connectivity index (χ4v) is 3.41. The second-order valence-electron chi connectivity index (χ2n) is 6.89.